The average molecular weight is 428 g/mol. The lowest BCUT2D eigenvalue weighted by Gasteiger charge is -2.30. The summed E-state index contributed by atoms with van der Waals surface area (Å²) < 4.78 is 0.716. The predicted octanol–water partition coefficient (Wildman–Crippen LogP) is 5.47. The summed E-state index contributed by atoms with van der Waals surface area (Å²) in [6.45, 7) is 6.40. The van der Waals surface area contributed by atoms with Crippen LogP contribution in [0.2, 0.25) is 4.34 Å². The summed E-state index contributed by atoms with van der Waals surface area (Å²) in [6.07, 6.45) is 3.58. The van der Waals surface area contributed by atoms with Crippen molar-refractivity contribution in [3.05, 3.63) is 52.4 Å². The average Bonchev–Trinajstić information content (AvgIpc) is 3.16. The Hall–Kier alpha value is -1.95. The number of carbonyl (C=O) groups excluding carboxylic acids is 1. The molecule has 152 valence electrons. The molecule has 1 unspecified atom stereocenters. The molecule has 1 saturated heterocycles. The molecular weight excluding hydrogens is 402 g/mol. The molecule has 1 atom stereocenters. The van der Waals surface area contributed by atoms with Gasteiger partial charge in [-0.2, -0.15) is 0 Å². The van der Waals surface area contributed by atoms with Crippen LogP contribution in [0.3, 0.4) is 0 Å². The summed E-state index contributed by atoms with van der Waals surface area (Å²) >= 11 is 7.57. The number of hydrogen-bond donors (Lipinski definition) is 1. The Kier molecular flexibility index (Phi) is 6.48. The second-order valence-corrected chi connectivity index (χ2v) is 9.55. The van der Waals surface area contributed by atoms with Crippen molar-refractivity contribution in [3.63, 3.8) is 0 Å². The molecule has 0 radical (unpaired) electrons. The van der Waals surface area contributed by atoms with Gasteiger partial charge in [-0.1, -0.05) is 36.7 Å². The normalized spacial score (nSPS) is 17.5. The molecule has 1 aliphatic heterocycles. The predicted molar refractivity (Wildman–Crippen MR) is 122 cm³/mol. The van der Waals surface area contributed by atoms with Crippen molar-refractivity contribution in [2.24, 2.45) is 5.92 Å². The molecule has 1 aromatic carbocycles. The smallest absolute Gasteiger partial charge is 0.252 e. The van der Waals surface area contributed by atoms with E-state index in [0.29, 0.717) is 16.4 Å². The maximum absolute atomic E-state index is 13.0. The van der Waals surface area contributed by atoms with E-state index in [2.05, 4.69) is 17.1 Å². The van der Waals surface area contributed by atoms with Gasteiger partial charge in [0, 0.05) is 18.5 Å². The number of thiophene rings is 1. The Morgan fingerprint density at radius 1 is 1.31 bits per heavy atom. The first kappa shape index (κ1) is 20.3. The van der Waals surface area contributed by atoms with Crippen LogP contribution in [0.5, 0.6) is 0 Å². The topological polar surface area (TPSA) is 45.2 Å². The fourth-order valence-corrected chi connectivity index (χ4v) is 5.03. The Bertz CT molecular complexity index is 1000. The molecular formula is C23H26ClN3OS. The van der Waals surface area contributed by atoms with E-state index in [1.54, 1.807) is 0 Å². The van der Waals surface area contributed by atoms with Crippen LogP contribution >= 0.6 is 22.9 Å². The van der Waals surface area contributed by atoms with E-state index in [1.807, 2.05) is 42.5 Å². The second kappa shape index (κ2) is 9.24. The SMILES string of the molecule is CC1CCCN(CCCNC(=O)c2cc(-c3ccc(Cl)s3)nc3ccccc23)C1. The maximum Gasteiger partial charge on any atom is 0.252 e. The van der Waals surface area contributed by atoms with Gasteiger partial charge in [-0.25, -0.2) is 4.98 Å². The quantitative estimate of drug-likeness (QED) is 0.530. The number of hydrogen-bond acceptors (Lipinski definition) is 4. The molecule has 4 nitrogen and oxygen atoms in total. The van der Waals surface area contributed by atoms with Gasteiger partial charge in [0.15, 0.2) is 0 Å². The van der Waals surface area contributed by atoms with Crippen LogP contribution in [-0.4, -0.2) is 42.0 Å². The van der Waals surface area contributed by atoms with Crippen LogP contribution in [0.25, 0.3) is 21.5 Å². The first-order chi connectivity index (χ1) is 14.1. The molecule has 6 heteroatoms. The number of nitrogens with zero attached hydrogens (tertiary/aromatic N) is 2. The van der Waals surface area contributed by atoms with Gasteiger partial charge < -0.3 is 10.2 Å². The zero-order valence-corrected chi connectivity index (χ0v) is 18.2. The molecule has 0 bridgehead atoms. The van der Waals surface area contributed by atoms with Gasteiger partial charge >= 0.3 is 0 Å². The number of aromatic nitrogens is 1. The summed E-state index contributed by atoms with van der Waals surface area (Å²) in [4.78, 5) is 21.2. The standard InChI is InChI=1S/C23H26ClN3OS/c1-16-6-4-12-27(15-16)13-5-11-25-23(28)18-14-20(21-9-10-22(24)29-21)26-19-8-3-2-7-17(18)19/h2-3,7-10,14,16H,4-6,11-13,15H2,1H3,(H,25,28). The Balaban J connectivity index is 1.46. The third-order valence-electron chi connectivity index (χ3n) is 5.46. The highest BCUT2D eigenvalue weighted by atomic mass is 35.5. The van der Waals surface area contributed by atoms with E-state index in [4.69, 9.17) is 16.6 Å². The van der Waals surface area contributed by atoms with Crippen molar-refractivity contribution in [3.8, 4) is 10.6 Å². The zero-order chi connectivity index (χ0) is 20.2. The van der Waals surface area contributed by atoms with Gasteiger partial charge in [0.1, 0.15) is 0 Å². The van der Waals surface area contributed by atoms with Crippen LogP contribution in [0.1, 0.15) is 36.5 Å². The van der Waals surface area contributed by atoms with E-state index in [9.17, 15) is 4.79 Å². The van der Waals surface area contributed by atoms with Gasteiger partial charge in [0.25, 0.3) is 5.91 Å². The second-order valence-electron chi connectivity index (χ2n) is 7.83. The number of carbonyl (C=O) groups is 1. The van der Waals surface area contributed by atoms with Crippen LogP contribution in [0.4, 0.5) is 0 Å². The summed E-state index contributed by atoms with van der Waals surface area (Å²) in [5, 5.41) is 3.99. The number of likely N-dealkylation sites (tertiary alicyclic amines) is 1. The highest BCUT2D eigenvalue weighted by Crippen LogP contribution is 2.32. The van der Waals surface area contributed by atoms with Crippen molar-refractivity contribution in [1.82, 2.24) is 15.2 Å². The van der Waals surface area contributed by atoms with E-state index >= 15 is 0 Å². The minimum absolute atomic E-state index is 0.0421. The molecule has 2 aromatic heterocycles. The molecule has 29 heavy (non-hydrogen) atoms. The highest BCUT2D eigenvalue weighted by Gasteiger charge is 2.17. The van der Waals surface area contributed by atoms with Gasteiger partial charge in [-0.3, -0.25) is 4.79 Å². The molecule has 0 spiro atoms. The van der Waals surface area contributed by atoms with Crippen molar-refractivity contribution >= 4 is 39.7 Å². The number of amides is 1. The van der Waals surface area contributed by atoms with Crippen molar-refractivity contribution in [2.75, 3.05) is 26.2 Å². The number of pyridine rings is 1. The number of para-hydroxylation sites is 1. The van der Waals surface area contributed by atoms with Gasteiger partial charge in [0.2, 0.25) is 0 Å². The van der Waals surface area contributed by atoms with E-state index in [-0.39, 0.29) is 5.91 Å². The first-order valence-corrected chi connectivity index (χ1v) is 11.5. The van der Waals surface area contributed by atoms with Crippen LogP contribution < -0.4 is 5.32 Å². The van der Waals surface area contributed by atoms with Crippen LogP contribution in [0.15, 0.2) is 42.5 Å². The number of halogens is 1. The molecule has 1 fully saturated rings. The fraction of sp³-hybridized carbons (Fsp3) is 0.391. The number of piperidine rings is 1. The van der Waals surface area contributed by atoms with Crippen LogP contribution in [0, 0.1) is 5.92 Å². The molecule has 1 N–H and O–H groups in total. The number of nitrogens with one attached hydrogen (secondary N) is 1. The lowest BCUT2D eigenvalue weighted by atomic mass is 10.0. The zero-order valence-electron chi connectivity index (χ0n) is 16.7. The molecule has 1 aliphatic rings. The summed E-state index contributed by atoms with van der Waals surface area (Å²) in [6, 6.07) is 13.5. The number of fused-ring (bicyclic) bond motifs is 1. The van der Waals surface area contributed by atoms with Crippen LogP contribution in [-0.2, 0) is 0 Å². The third-order valence-corrected chi connectivity index (χ3v) is 6.72. The van der Waals surface area contributed by atoms with E-state index < -0.39 is 0 Å². The Labute approximate surface area is 180 Å². The fourth-order valence-electron chi connectivity index (χ4n) is 4.03. The van der Waals surface area contributed by atoms with Gasteiger partial charge in [0.05, 0.1) is 26.0 Å². The minimum atomic E-state index is -0.0421. The van der Waals surface area contributed by atoms with Crippen molar-refractivity contribution in [2.45, 2.75) is 26.2 Å². The van der Waals surface area contributed by atoms with Crippen molar-refractivity contribution < 1.29 is 4.79 Å². The minimum Gasteiger partial charge on any atom is -0.352 e. The molecule has 4 rings (SSSR count). The van der Waals surface area contributed by atoms with E-state index in [0.717, 1.165) is 40.4 Å². The summed E-state index contributed by atoms with van der Waals surface area (Å²) in [5.41, 5.74) is 2.27. The molecule has 0 aliphatic carbocycles. The summed E-state index contributed by atoms with van der Waals surface area (Å²) in [7, 11) is 0. The molecule has 3 aromatic rings. The van der Waals surface area contributed by atoms with Gasteiger partial charge in [-0.15, -0.1) is 11.3 Å². The summed E-state index contributed by atoms with van der Waals surface area (Å²) in [5.74, 6) is 0.741. The molecule has 3 heterocycles. The Morgan fingerprint density at radius 3 is 2.97 bits per heavy atom. The van der Waals surface area contributed by atoms with Gasteiger partial charge in [-0.05, 0) is 62.5 Å². The lowest BCUT2D eigenvalue weighted by molar-refractivity contribution is 0.0951. The monoisotopic (exact) mass is 427 g/mol. The largest absolute Gasteiger partial charge is 0.352 e. The van der Waals surface area contributed by atoms with Crippen molar-refractivity contribution in [1.29, 1.82) is 0 Å². The number of benzene rings is 1. The Morgan fingerprint density at radius 2 is 2.17 bits per heavy atom. The first-order valence-electron chi connectivity index (χ1n) is 10.3. The molecule has 0 saturated carbocycles. The maximum atomic E-state index is 13.0. The molecule has 1 amide bonds. The highest BCUT2D eigenvalue weighted by molar-refractivity contribution is 7.19. The lowest BCUT2D eigenvalue weighted by Crippen LogP contribution is -2.36. The third kappa shape index (κ3) is 4.97. The van der Waals surface area contributed by atoms with E-state index in [1.165, 1.54) is 37.3 Å². The number of rotatable bonds is 6.